The number of hydrogen-bond donors (Lipinski definition) is 3. The van der Waals surface area contributed by atoms with Crippen molar-refractivity contribution in [1.82, 2.24) is 10.2 Å². The standard InChI is InChI=1S/C15H21N3O2/c16-13-5-1-4-12(14(13)19)15(20)17-10-6-8-18-7-2-3-11(18)9-10/h1,4-5,10-11,19H,2-3,6-9,16H2,(H,17,20). The highest BCUT2D eigenvalue weighted by molar-refractivity contribution is 5.98. The number of nitrogens with one attached hydrogen (secondary N) is 1. The number of carbonyl (C=O) groups excluding carboxylic acids is 1. The van der Waals surface area contributed by atoms with E-state index in [2.05, 4.69) is 10.2 Å². The second-order valence-corrected chi connectivity index (χ2v) is 5.77. The lowest BCUT2D eigenvalue weighted by molar-refractivity contribution is 0.0893. The van der Waals surface area contributed by atoms with Crippen LogP contribution in [0, 0.1) is 0 Å². The molecule has 1 aromatic carbocycles. The summed E-state index contributed by atoms with van der Waals surface area (Å²) in [7, 11) is 0. The number of hydrogen-bond acceptors (Lipinski definition) is 4. The Morgan fingerprint density at radius 2 is 2.20 bits per heavy atom. The molecule has 2 aliphatic rings. The van der Waals surface area contributed by atoms with Crippen molar-refractivity contribution in [3.63, 3.8) is 0 Å². The molecule has 0 aliphatic carbocycles. The van der Waals surface area contributed by atoms with Gasteiger partial charge in [0.1, 0.15) is 0 Å². The van der Waals surface area contributed by atoms with E-state index in [4.69, 9.17) is 5.73 Å². The topological polar surface area (TPSA) is 78.6 Å². The zero-order valence-electron chi connectivity index (χ0n) is 11.5. The fourth-order valence-corrected chi connectivity index (χ4v) is 3.36. The second kappa shape index (κ2) is 5.32. The molecular weight excluding hydrogens is 254 g/mol. The summed E-state index contributed by atoms with van der Waals surface area (Å²) in [6, 6.07) is 5.68. The van der Waals surface area contributed by atoms with Gasteiger partial charge in [0, 0.05) is 18.6 Å². The van der Waals surface area contributed by atoms with Gasteiger partial charge in [-0.05, 0) is 44.4 Å². The summed E-state index contributed by atoms with van der Waals surface area (Å²) in [5.74, 6) is -0.352. The first kappa shape index (κ1) is 13.2. The number of nitrogens with zero attached hydrogens (tertiary/aromatic N) is 1. The van der Waals surface area contributed by atoms with E-state index in [1.807, 2.05) is 0 Å². The zero-order chi connectivity index (χ0) is 14.1. The van der Waals surface area contributed by atoms with Gasteiger partial charge in [-0.2, -0.15) is 0 Å². The van der Waals surface area contributed by atoms with Gasteiger partial charge in [-0.25, -0.2) is 0 Å². The first-order chi connectivity index (χ1) is 9.65. The molecule has 5 heteroatoms. The Labute approximate surface area is 118 Å². The summed E-state index contributed by atoms with van der Waals surface area (Å²) in [6.07, 6.45) is 4.48. The van der Waals surface area contributed by atoms with E-state index in [0.717, 1.165) is 19.4 Å². The van der Waals surface area contributed by atoms with Crippen LogP contribution >= 0.6 is 0 Å². The third kappa shape index (κ3) is 2.45. The SMILES string of the molecule is Nc1cccc(C(=O)NC2CCN3CCCC3C2)c1O. The summed E-state index contributed by atoms with van der Waals surface area (Å²) < 4.78 is 0. The summed E-state index contributed by atoms with van der Waals surface area (Å²) in [6.45, 7) is 2.25. The summed E-state index contributed by atoms with van der Waals surface area (Å²) >= 11 is 0. The number of phenols is 1. The third-order valence-corrected chi connectivity index (χ3v) is 4.47. The van der Waals surface area contributed by atoms with Crippen molar-refractivity contribution in [2.24, 2.45) is 0 Å². The Hall–Kier alpha value is -1.75. The van der Waals surface area contributed by atoms with Crippen LogP contribution in [-0.2, 0) is 0 Å². The number of nitrogens with two attached hydrogens (primary N) is 1. The minimum atomic E-state index is -0.230. The van der Waals surface area contributed by atoms with Crippen LogP contribution in [0.2, 0.25) is 0 Å². The van der Waals surface area contributed by atoms with Gasteiger partial charge in [0.2, 0.25) is 0 Å². The Balaban J connectivity index is 1.65. The van der Waals surface area contributed by atoms with Gasteiger partial charge >= 0.3 is 0 Å². The molecule has 2 atom stereocenters. The Kier molecular flexibility index (Phi) is 3.53. The molecule has 0 radical (unpaired) electrons. The molecule has 1 amide bonds. The molecule has 0 aromatic heterocycles. The normalized spacial score (nSPS) is 26.2. The molecule has 108 valence electrons. The fraction of sp³-hybridized carbons (Fsp3) is 0.533. The molecule has 3 rings (SSSR count). The van der Waals surface area contributed by atoms with Crippen LogP contribution in [0.3, 0.4) is 0 Å². The number of rotatable bonds is 2. The predicted octanol–water partition coefficient (Wildman–Crippen LogP) is 1.33. The number of anilines is 1. The van der Waals surface area contributed by atoms with Gasteiger partial charge in [0.25, 0.3) is 5.91 Å². The maximum atomic E-state index is 12.2. The van der Waals surface area contributed by atoms with Gasteiger partial charge in [-0.1, -0.05) is 6.07 Å². The second-order valence-electron chi connectivity index (χ2n) is 5.77. The van der Waals surface area contributed by atoms with Crippen LogP contribution < -0.4 is 11.1 Å². The van der Waals surface area contributed by atoms with E-state index in [1.165, 1.54) is 19.4 Å². The molecule has 2 unspecified atom stereocenters. The molecular formula is C15H21N3O2. The van der Waals surface area contributed by atoms with Crippen LogP contribution in [0.5, 0.6) is 5.75 Å². The van der Waals surface area contributed by atoms with Crippen LogP contribution in [0.15, 0.2) is 18.2 Å². The van der Waals surface area contributed by atoms with Crippen LogP contribution in [-0.4, -0.2) is 41.1 Å². The molecule has 0 spiro atoms. The molecule has 1 aromatic rings. The van der Waals surface area contributed by atoms with Crippen LogP contribution in [0.4, 0.5) is 5.69 Å². The largest absolute Gasteiger partial charge is 0.505 e. The van der Waals surface area contributed by atoms with E-state index >= 15 is 0 Å². The summed E-state index contributed by atoms with van der Waals surface area (Å²) in [4.78, 5) is 14.8. The van der Waals surface area contributed by atoms with Crippen LogP contribution in [0.25, 0.3) is 0 Å². The van der Waals surface area contributed by atoms with E-state index in [0.29, 0.717) is 6.04 Å². The van der Waals surface area contributed by atoms with Crippen molar-refractivity contribution in [1.29, 1.82) is 0 Å². The molecule has 2 aliphatic heterocycles. The molecule has 0 saturated carbocycles. The average molecular weight is 275 g/mol. The molecule has 2 heterocycles. The lowest BCUT2D eigenvalue weighted by atomic mass is 9.97. The van der Waals surface area contributed by atoms with Crippen LogP contribution in [0.1, 0.15) is 36.0 Å². The number of carbonyl (C=O) groups is 1. The van der Waals surface area contributed by atoms with Gasteiger partial charge in [-0.15, -0.1) is 0 Å². The number of benzene rings is 1. The number of phenolic OH excluding ortho intramolecular Hbond substituents is 1. The number of piperidine rings is 1. The van der Waals surface area contributed by atoms with Crippen molar-refractivity contribution >= 4 is 11.6 Å². The summed E-state index contributed by atoms with van der Waals surface area (Å²) in [5.41, 5.74) is 6.13. The lowest BCUT2D eigenvalue weighted by Gasteiger charge is -2.35. The molecule has 4 N–H and O–H groups in total. The minimum Gasteiger partial charge on any atom is -0.505 e. The molecule has 2 saturated heterocycles. The maximum Gasteiger partial charge on any atom is 0.255 e. The monoisotopic (exact) mass is 275 g/mol. The van der Waals surface area contributed by atoms with Gasteiger partial charge in [0.05, 0.1) is 11.3 Å². The quantitative estimate of drug-likeness (QED) is 0.562. The highest BCUT2D eigenvalue weighted by atomic mass is 16.3. The first-order valence-corrected chi connectivity index (χ1v) is 7.27. The Morgan fingerprint density at radius 3 is 3.05 bits per heavy atom. The van der Waals surface area contributed by atoms with Gasteiger partial charge in [0.15, 0.2) is 5.75 Å². The Morgan fingerprint density at radius 1 is 1.35 bits per heavy atom. The maximum absolute atomic E-state index is 12.2. The van der Waals surface area contributed by atoms with Gasteiger partial charge < -0.3 is 21.1 Å². The molecule has 2 fully saturated rings. The van der Waals surface area contributed by atoms with Crippen molar-refractivity contribution in [3.05, 3.63) is 23.8 Å². The zero-order valence-corrected chi connectivity index (χ0v) is 11.5. The molecule has 0 bridgehead atoms. The highest BCUT2D eigenvalue weighted by Gasteiger charge is 2.32. The first-order valence-electron chi connectivity index (χ1n) is 7.27. The van der Waals surface area contributed by atoms with Crippen molar-refractivity contribution < 1.29 is 9.90 Å². The fourth-order valence-electron chi connectivity index (χ4n) is 3.36. The van der Waals surface area contributed by atoms with E-state index in [1.54, 1.807) is 18.2 Å². The van der Waals surface area contributed by atoms with Gasteiger partial charge in [-0.3, -0.25) is 4.79 Å². The number of para-hydroxylation sites is 1. The van der Waals surface area contributed by atoms with E-state index in [-0.39, 0.29) is 28.9 Å². The Bertz CT molecular complexity index is 518. The van der Waals surface area contributed by atoms with E-state index in [9.17, 15) is 9.90 Å². The highest BCUT2D eigenvalue weighted by Crippen LogP contribution is 2.28. The summed E-state index contributed by atoms with van der Waals surface area (Å²) in [5, 5.41) is 12.9. The lowest BCUT2D eigenvalue weighted by Crippen LogP contribution is -2.47. The number of nitrogen functional groups attached to an aromatic ring is 1. The number of fused-ring (bicyclic) bond motifs is 1. The predicted molar refractivity (Wildman–Crippen MR) is 77.6 cm³/mol. The third-order valence-electron chi connectivity index (χ3n) is 4.47. The smallest absolute Gasteiger partial charge is 0.255 e. The average Bonchev–Trinajstić information content (AvgIpc) is 2.89. The number of amides is 1. The van der Waals surface area contributed by atoms with E-state index < -0.39 is 0 Å². The van der Waals surface area contributed by atoms with Crippen molar-refractivity contribution in [2.75, 3.05) is 18.8 Å². The molecule has 5 nitrogen and oxygen atoms in total. The molecule has 20 heavy (non-hydrogen) atoms. The number of aromatic hydroxyl groups is 1. The van der Waals surface area contributed by atoms with Crippen molar-refractivity contribution in [3.8, 4) is 5.75 Å². The van der Waals surface area contributed by atoms with Crippen molar-refractivity contribution in [2.45, 2.75) is 37.8 Å². The minimum absolute atomic E-state index is 0.122.